The van der Waals surface area contributed by atoms with E-state index >= 15 is 0 Å². The van der Waals surface area contributed by atoms with Crippen LogP contribution in [0.25, 0.3) is 33.2 Å². The lowest BCUT2D eigenvalue weighted by atomic mass is 10.0. The number of nitrogens with two attached hydrogens (primary N) is 1. The van der Waals surface area contributed by atoms with Gasteiger partial charge in [-0.1, -0.05) is 91.0 Å². The summed E-state index contributed by atoms with van der Waals surface area (Å²) in [4.78, 5) is 17.9. The predicted molar refractivity (Wildman–Crippen MR) is 145 cm³/mol. The van der Waals surface area contributed by atoms with Gasteiger partial charge in [0.15, 0.2) is 0 Å². The van der Waals surface area contributed by atoms with Crippen LogP contribution >= 0.6 is 0 Å². The molecule has 6 rings (SSSR count). The Labute approximate surface area is 209 Å². The molecule has 178 valence electrons. The van der Waals surface area contributed by atoms with Gasteiger partial charge in [-0.05, 0) is 52.8 Å². The van der Waals surface area contributed by atoms with Crippen molar-refractivity contribution in [2.24, 2.45) is 0 Å². The number of benzene rings is 4. The summed E-state index contributed by atoms with van der Waals surface area (Å²) in [5, 5.41) is 0.565. The van der Waals surface area contributed by atoms with Gasteiger partial charge in [0.05, 0.1) is 29.7 Å². The van der Waals surface area contributed by atoms with Crippen LogP contribution in [0.5, 0.6) is 0 Å². The van der Waals surface area contributed by atoms with Crippen molar-refractivity contribution in [1.29, 1.82) is 0 Å². The van der Waals surface area contributed by atoms with E-state index < -0.39 is 0 Å². The highest BCUT2D eigenvalue weighted by Crippen LogP contribution is 2.34. The van der Waals surface area contributed by atoms with Crippen LogP contribution in [0.15, 0.2) is 108 Å². The molecule has 2 atom stereocenters. The summed E-state index contributed by atoms with van der Waals surface area (Å²) in [6.45, 7) is 0.395. The zero-order valence-electron chi connectivity index (χ0n) is 19.9. The molecule has 0 amide bonds. The molecule has 0 bridgehead atoms. The average Bonchev–Trinajstić information content (AvgIpc) is 3.40. The van der Waals surface area contributed by atoms with Gasteiger partial charge in [0.2, 0.25) is 5.95 Å². The standard InChI is InChI=1S/C31H27N3O2/c32-31-33-28-19-25(22-9-5-2-6-10-22)15-17-27(28)30(35)34(31)20-26-16-18-29(36-26)24-13-11-23(12-14-24)21-7-3-1-4-8-21/h1-15,17,19,26,29H,16,18,20H2,(H2,32,33). The minimum atomic E-state index is -0.128. The zero-order valence-corrected chi connectivity index (χ0v) is 19.9. The smallest absolute Gasteiger partial charge is 0.262 e. The Balaban J connectivity index is 1.20. The summed E-state index contributed by atoms with van der Waals surface area (Å²) in [5.41, 5.74) is 12.4. The van der Waals surface area contributed by atoms with E-state index in [1.807, 2.05) is 66.7 Å². The maximum atomic E-state index is 13.3. The van der Waals surface area contributed by atoms with E-state index in [4.69, 9.17) is 10.5 Å². The number of ether oxygens (including phenoxy) is 1. The van der Waals surface area contributed by atoms with Gasteiger partial charge in [-0.25, -0.2) is 4.98 Å². The number of anilines is 1. The van der Waals surface area contributed by atoms with E-state index in [9.17, 15) is 4.79 Å². The van der Waals surface area contributed by atoms with E-state index in [1.54, 1.807) is 4.57 Å². The quantitative estimate of drug-likeness (QED) is 0.328. The fourth-order valence-corrected chi connectivity index (χ4v) is 5.03. The molecule has 0 spiro atoms. The first-order valence-electron chi connectivity index (χ1n) is 12.3. The van der Waals surface area contributed by atoms with Gasteiger partial charge in [0.25, 0.3) is 5.56 Å². The van der Waals surface area contributed by atoms with E-state index in [1.165, 1.54) is 11.1 Å². The fraction of sp³-hybridized carbons (Fsp3) is 0.161. The zero-order chi connectivity index (χ0) is 24.5. The van der Waals surface area contributed by atoms with Crippen LogP contribution in [-0.2, 0) is 11.3 Å². The molecular weight excluding hydrogens is 446 g/mol. The molecule has 1 aliphatic heterocycles. The molecule has 1 saturated heterocycles. The molecule has 4 aromatic carbocycles. The van der Waals surface area contributed by atoms with Crippen molar-refractivity contribution in [2.45, 2.75) is 31.6 Å². The Morgan fingerprint density at radius 2 is 1.39 bits per heavy atom. The summed E-state index contributed by atoms with van der Waals surface area (Å²) in [7, 11) is 0. The highest BCUT2D eigenvalue weighted by atomic mass is 16.5. The third-order valence-corrected chi connectivity index (χ3v) is 6.98. The highest BCUT2D eigenvalue weighted by molar-refractivity contribution is 5.84. The van der Waals surface area contributed by atoms with Crippen molar-refractivity contribution in [2.75, 3.05) is 5.73 Å². The molecule has 2 N–H and O–H groups in total. The molecule has 36 heavy (non-hydrogen) atoms. The molecule has 0 aliphatic carbocycles. The average molecular weight is 474 g/mol. The van der Waals surface area contributed by atoms with Gasteiger partial charge in [-0.15, -0.1) is 0 Å². The molecule has 2 heterocycles. The Morgan fingerprint density at radius 3 is 2.08 bits per heavy atom. The lowest BCUT2D eigenvalue weighted by molar-refractivity contribution is 0.0348. The maximum Gasteiger partial charge on any atom is 0.262 e. The Kier molecular flexibility index (Phi) is 5.84. The van der Waals surface area contributed by atoms with Gasteiger partial charge in [-0.2, -0.15) is 0 Å². The second-order valence-corrected chi connectivity index (χ2v) is 9.30. The van der Waals surface area contributed by atoms with Gasteiger partial charge in [-0.3, -0.25) is 9.36 Å². The highest BCUT2D eigenvalue weighted by Gasteiger charge is 2.28. The molecule has 1 fully saturated rings. The van der Waals surface area contributed by atoms with E-state index in [0.29, 0.717) is 17.4 Å². The predicted octanol–water partition coefficient (Wildman–Crippen LogP) is 6.23. The van der Waals surface area contributed by atoms with Crippen molar-refractivity contribution in [3.63, 3.8) is 0 Å². The number of hydrogen-bond acceptors (Lipinski definition) is 4. The van der Waals surface area contributed by atoms with Gasteiger partial charge < -0.3 is 10.5 Å². The van der Waals surface area contributed by atoms with Crippen molar-refractivity contribution >= 4 is 16.9 Å². The van der Waals surface area contributed by atoms with Gasteiger partial charge in [0.1, 0.15) is 0 Å². The minimum Gasteiger partial charge on any atom is -0.369 e. The topological polar surface area (TPSA) is 70.1 Å². The van der Waals surface area contributed by atoms with E-state index in [0.717, 1.165) is 29.5 Å². The molecule has 5 heteroatoms. The third kappa shape index (κ3) is 4.30. The normalized spacial score (nSPS) is 17.4. The van der Waals surface area contributed by atoms with E-state index in [-0.39, 0.29) is 23.7 Å². The SMILES string of the molecule is Nc1nc2cc(-c3ccccc3)ccc2c(=O)n1CC1CCC(c2ccc(-c3ccccc3)cc2)O1. The molecule has 5 aromatic rings. The first-order chi connectivity index (χ1) is 17.7. The summed E-state index contributed by atoms with van der Waals surface area (Å²) < 4.78 is 7.90. The largest absolute Gasteiger partial charge is 0.369 e. The number of nitrogen functional groups attached to an aromatic ring is 1. The van der Waals surface area contributed by atoms with Crippen LogP contribution < -0.4 is 11.3 Å². The first kappa shape index (κ1) is 22.3. The second-order valence-electron chi connectivity index (χ2n) is 9.30. The number of hydrogen-bond donors (Lipinski definition) is 1. The molecule has 2 unspecified atom stereocenters. The summed E-state index contributed by atoms with van der Waals surface area (Å²) in [5.74, 6) is 0.219. The Bertz CT molecular complexity index is 1560. The van der Waals surface area contributed by atoms with Crippen molar-refractivity contribution in [3.05, 3.63) is 119 Å². The number of rotatable bonds is 5. The first-order valence-corrected chi connectivity index (χ1v) is 12.3. The van der Waals surface area contributed by atoms with Crippen molar-refractivity contribution < 1.29 is 4.74 Å². The molecule has 1 aliphatic rings. The second kappa shape index (κ2) is 9.44. The van der Waals surface area contributed by atoms with Crippen LogP contribution in [0.4, 0.5) is 5.95 Å². The monoisotopic (exact) mass is 473 g/mol. The fourth-order valence-electron chi connectivity index (χ4n) is 5.03. The molecule has 5 nitrogen and oxygen atoms in total. The molecule has 1 aromatic heterocycles. The number of fused-ring (bicyclic) bond motifs is 1. The van der Waals surface area contributed by atoms with Crippen LogP contribution in [0.2, 0.25) is 0 Å². The van der Waals surface area contributed by atoms with Crippen molar-refractivity contribution in [1.82, 2.24) is 9.55 Å². The molecule has 0 saturated carbocycles. The van der Waals surface area contributed by atoms with Crippen molar-refractivity contribution in [3.8, 4) is 22.3 Å². The van der Waals surface area contributed by atoms with Gasteiger partial charge in [0, 0.05) is 0 Å². The van der Waals surface area contributed by atoms with Crippen LogP contribution in [0.3, 0.4) is 0 Å². The van der Waals surface area contributed by atoms with E-state index in [2.05, 4.69) is 41.4 Å². The van der Waals surface area contributed by atoms with Crippen LogP contribution in [-0.4, -0.2) is 15.7 Å². The summed E-state index contributed by atoms with van der Waals surface area (Å²) in [6.07, 6.45) is 1.69. The van der Waals surface area contributed by atoms with Crippen LogP contribution in [0, 0.1) is 0 Å². The lowest BCUT2D eigenvalue weighted by Crippen LogP contribution is -2.29. The summed E-state index contributed by atoms with van der Waals surface area (Å²) in [6, 6.07) is 34.7. The molecule has 0 radical (unpaired) electrons. The third-order valence-electron chi connectivity index (χ3n) is 6.98. The lowest BCUT2D eigenvalue weighted by Gasteiger charge is -2.17. The maximum absolute atomic E-state index is 13.3. The molecular formula is C31H27N3O2. The van der Waals surface area contributed by atoms with Crippen LogP contribution in [0.1, 0.15) is 24.5 Å². The number of nitrogens with zero attached hydrogens (tertiary/aromatic N) is 2. The van der Waals surface area contributed by atoms with Gasteiger partial charge >= 0.3 is 0 Å². The Morgan fingerprint density at radius 1 is 0.778 bits per heavy atom. The number of aromatic nitrogens is 2. The summed E-state index contributed by atoms with van der Waals surface area (Å²) >= 11 is 0. The Hall–Kier alpha value is -4.22. The minimum absolute atomic E-state index is 0.0126.